The Kier molecular flexibility index (Phi) is 5.89. The van der Waals surface area contributed by atoms with Gasteiger partial charge in [0.05, 0.1) is 22.7 Å². The van der Waals surface area contributed by atoms with Crippen molar-refractivity contribution >= 4 is 67.1 Å². The Morgan fingerprint density at radius 2 is 0.647 bits per heavy atom. The molecule has 4 nitrogen and oxygen atoms in total. The van der Waals surface area contributed by atoms with Crippen molar-refractivity contribution in [2.45, 2.75) is 40.5 Å². The first-order chi connectivity index (χ1) is 16.4. The number of fused-ring (bicyclic) bond motifs is 4. The highest BCUT2D eigenvalue weighted by Crippen LogP contribution is 2.36. The summed E-state index contributed by atoms with van der Waals surface area (Å²) in [6.45, 7) is 8.24. The molecule has 4 aromatic carbocycles. The molecule has 1 aliphatic rings. The van der Waals surface area contributed by atoms with Gasteiger partial charge in [-0.05, 0) is 73.5 Å². The lowest BCUT2D eigenvalue weighted by atomic mass is 10.1. The molecule has 0 N–H and O–H groups in total. The minimum Gasteiger partial charge on any atom is -0.255 e. The maximum absolute atomic E-state index is 4.99. The Balaban J connectivity index is 1.68. The molecule has 34 heavy (non-hydrogen) atoms. The summed E-state index contributed by atoms with van der Waals surface area (Å²) in [5, 5.41) is 4.65. The van der Waals surface area contributed by atoms with Crippen molar-refractivity contribution in [1.29, 1.82) is 0 Å². The van der Waals surface area contributed by atoms with Crippen molar-refractivity contribution in [3.63, 3.8) is 0 Å². The number of rotatable bonds is 0. The van der Waals surface area contributed by atoms with Crippen LogP contribution in [0.2, 0.25) is 0 Å². The first kappa shape index (κ1) is 21.9. The van der Waals surface area contributed by atoms with Gasteiger partial charge >= 0.3 is 0 Å². The summed E-state index contributed by atoms with van der Waals surface area (Å²) in [5.74, 6) is 0. The van der Waals surface area contributed by atoms with Gasteiger partial charge in [0.2, 0.25) is 0 Å². The van der Waals surface area contributed by atoms with Gasteiger partial charge in [0.25, 0.3) is 0 Å². The monoisotopic (exact) mass is 444 g/mol. The van der Waals surface area contributed by atoms with Crippen molar-refractivity contribution < 1.29 is 0 Å². The summed E-state index contributed by atoms with van der Waals surface area (Å²) in [4.78, 5) is 19.9. The molecule has 0 radical (unpaired) electrons. The van der Waals surface area contributed by atoms with Crippen LogP contribution in [-0.4, -0.2) is 22.8 Å². The van der Waals surface area contributed by atoms with Crippen LogP contribution in [0.25, 0.3) is 21.5 Å². The normalized spacial score (nSPS) is 14.9. The predicted molar refractivity (Wildman–Crippen MR) is 148 cm³/mol. The van der Waals surface area contributed by atoms with Crippen LogP contribution < -0.4 is 0 Å². The van der Waals surface area contributed by atoms with Gasteiger partial charge in [-0.1, -0.05) is 48.5 Å². The van der Waals surface area contributed by atoms with Gasteiger partial charge in [0.15, 0.2) is 0 Å². The van der Waals surface area contributed by atoms with E-state index in [0.29, 0.717) is 12.8 Å². The largest absolute Gasteiger partial charge is 0.255 e. The van der Waals surface area contributed by atoms with Gasteiger partial charge in [-0.25, -0.2) is 0 Å². The molecule has 0 saturated heterocycles. The number of hydrogen-bond acceptors (Lipinski definition) is 4. The highest BCUT2D eigenvalue weighted by molar-refractivity contribution is 6.08. The van der Waals surface area contributed by atoms with Gasteiger partial charge in [-0.2, -0.15) is 0 Å². The predicted octanol–water partition coefficient (Wildman–Crippen LogP) is 8.86. The average molecular weight is 445 g/mol. The van der Waals surface area contributed by atoms with Crippen molar-refractivity contribution in [2.24, 2.45) is 20.0 Å². The van der Waals surface area contributed by atoms with Crippen LogP contribution in [0.4, 0.5) is 22.7 Å². The lowest BCUT2D eigenvalue weighted by Crippen LogP contribution is -2.02. The molecule has 1 heterocycles. The second-order valence-electron chi connectivity index (χ2n) is 9.12. The standard InChI is InChI=1S/C30H28N4/c1-19-13-20(2)32-29-17-25-11-7-8-12-26(25)18-30(29)34-22(4)14-21(3)33-28-16-24-10-6-5-9-23(24)15-27(28)31-19/h5-12,15-18H,13-14H2,1-4H3. The molecular formula is C30H28N4. The highest BCUT2D eigenvalue weighted by atomic mass is 14.9. The van der Waals surface area contributed by atoms with E-state index in [1.165, 1.54) is 0 Å². The van der Waals surface area contributed by atoms with Crippen molar-refractivity contribution in [3.05, 3.63) is 72.8 Å². The van der Waals surface area contributed by atoms with Crippen molar-refractivity contribution in [1.82, 2.24) is 0 Å². The second kappa shape index (κ2) is 9.14. The van der Waals surface area contributed by atoms with Gasteiger partial charge in [-0.15, -0.1) is 0 Å². The molecule has 0 spiro atoms. The maximum atomic E-state index is 4.99. The molecule has 0 amide bonds. The number of nitrogens with zero attached hydrogens (tertiary/aromatic N) is 4. The summed E-state index contributed by atoms with van der Waals surface area (Å²) >= 11 is 0. The van der Waals surface area contributed by atoms with Crippen LogP contribution in [0, 0.1) is 0 Å². The van der Waals surface area contributed by atoms with E-state index in [2.05, 4.69) is 100 Å². The smallest absolute Gasteiger partial charge is 0.0891 e. The van der Waals surface area contributed by atoms with E-state index < -0.39 is 0 Å². The Hall–Kier alpha value is -3.92. The summed E-state index contributed by atoms with van der Waals surface area (Å²) in [6.07, 6.45) is 1.37. The first-order valence-electron chi connectivity index (χ1n) is 11.7. The topological polar surface area (TPSA) is 49.4 Å². The highest BCUT2D eigenvalue weighted by Gasteiger charge is 2.10. The van der Waals surface area contributed by atoms with Crippen LogP contribution in [0.1, 0.15) is 40.5 Å². The van der Waals surface area contributed by atoms with E-state index in [4.69, 9.17) is 20.0 Å². The molecule has 0 fully saturated rings. The van der Waals surface area contributed by atoms with E-state index >= 15 is 0 Å². The van der Waals surface area contributed by atoms with Gasteiger partial charge < -0.3 is 0 Å². The molecule has 0 atom stereocenters. The quantitative estimate of drug-likeness (QED) is 0.260. The summed E-state index contributed by atoms with van der Waals surface area (Å²) < 4.78 is 0. The molecule has 4 heteroatoms. The molecule has 0 bridgehead atoms. The summed E-state index contributed by atoms with van der Waals surface area (Å²) in [5.41, 5.74) is 7.58. The van der Waals surface area contributed by atoms with Crippen molar-refractivity contribution in [2.75, 3.05) is 0 Å². The zero-order valence-electron chi connectivity index (χ0n) is 20.1. The minimum atomic E-state index is 0.684. The SMILES string of the molecule is CC1=Nc2cc3ccccc3cc2N=C(C)CC(C)=Nc2cc3ccccc3cc2N=C(C)C1. The van der Waals surface area contributed by atoms with E-state index in [-0.39, 0.29) is 0 Å². The molecule has 1 aliphatic heterocycles. The second-order valence-corrected chi connectivity index (χ2v) is 9.12. The molecule has 5 rings (SSSR count). The van der Waals surface area contributed by atoms with Gasteiger partial charge in [0, 0.05) is 35.7 Å². The van der Waals surface area contributed by atoms with E-state index in [0.717, 1.165) is 67.1 Å². The van der Waals surface area contributed by atoms with Gasteiger partial charge in [-0.3, -0.25) is 20.0 Å². The van der Waals surface area contributed by atoms with Crippen molar-refractivity contribution in [3.8, 4) is 0 Å². The molecule has 0 aliphatic carbocycles. The Bertz CT molecular complexity index is 1310. The Labute approximate surface area is 200 Å². The van der Waals surface area contributed by atoms with Crippen LogP contribution in [0.5, 0.6) is 0 Å². The zero-order chi connectivity index (χ0) is 23.7. The maximum Gasteiger partial charge on any atom is 0.0891 e. The molecule has 4 aromatic rings. The molecule has 168 valence electrons. The Morgan fingerprint density at radius 3 is 0.882 bits per heavy atom. The number of aliphatic imine (C=N–C) groups is 4. The molecule has 0 unspecified atom stereocenters. The fourth-order valence-electron chi connectivity index (χ4n) is 4.51. The third kappa shape index (κ3) is 4.72. The number of hydrogen-bond donors (Lipinski definition) is 0. The van der Waals surface area contributed by atoms with E-state index in [1.54, 1.807) is 0 Å². The van der Waals surface area contributed by atoms with E-state index in [9.17, 15) is 0 Å². The first-order valence-corrected chi connectivity index (χ1v) is 11.7. The zero-order valence-corrected chi connectivity index (χ0v) is 20.1. The summed E-state index contributed by atoms with van der Waals surface area (Å²) in [7, 11) is 0. The number of benzene rings is 4. The molecule has 0 aromatic heterocycles. The fourth-order valence-corrected chi connectivity index (χ4v) is 4.51. The minimum absolute atomic E-state index is 0.684. The van der Waals surface area contributed by atoms with Crippen LogP contribution in [0.3, 0.4) is 0 Å². The third-order valence-electron chi connectivity index (χ3n) is 5.95. The summed E-state index contributed by atoms with van der Waals surface area (Å²) in [6, 6.07) is 25.2. The van der Waals surface area contributed by atoms with Crippen LogP contribution in [-0.2, 0) is 0 Å². The third-order valence-corrected chi connectivity index (χ3v) is 5.95. The van der Waals surface area contributed by atoms with Crippen LogP contribution >= 0.6 is 0 Å². The van der Waals surface area contributed by atoms with Gasteiger partial charge in [0.1, 0.15) is 0 Å². The molecular weight excluding hydrogens is 416 g/mol. The average Bonchev–Trinajstić information content (AvgIpc) is 2.79. The van der Waals surface area contributed by atoms with Crippen LogP contribution in [0.15, 0.2) is 92.8 Å². The lowest BCUT2D eigenvalue weighted by Gasteiger charge is -2.11. The Morgan fingerprint density at radius 1 is 0.412 bits per heavy atom. The lowest BCUT2D eigenvalue weighted by molar-refractivity contribution is 1.33. The van der Waals surface area contributed by atoms with E-state index in [1.807, 2.05) is 0 Å². The molecule has 0 saturated carbocycles. The fraction of sp³-hybridized carbons (Fsp3) is 0.200.